The van der Waals surface area contributed by atoms with Gasteiger partial charge in [-0.15, -0.1) is 11.3 Å². The Labute approximate surface area is 175 Å². The fourth-order valence-corrected chi connectivity index (χ4v) is 4.50. The normalized spacial score (nSPS) is 11.4. The van der Waals surface area contributed by atoms with Crippen LogP contribution in [0.1, 0.15) is 16.8 Å². The van der Waals surface area contributed by atoms with Crippen LogP contribution in [0.2, 0.25) is 0 Å². The lowest BCUT2D eigenvalue weighted by molar-refractivity contribution is 0.727. The lowest BCUT2D eigenvalue weighted by Crippen LogP contribution is -2.23. The van der Waals surface area contributed by atoms with Gasteiger partial charge in [0.25, 0.3) is 11.1 Å². The number of rotatable bonds is 3. The highest BCUT2D eigenvalue weighted by Gasteiger charge is 2.14. The second-order valence-electron chi connectivity index (χ2n) is 7.34. The molecule has 0 N–H and O–H groups in total. The average molecular weight is 414 g/mol. The van der Waals surface area contributed by atoms with Gasteiger partial charge in [-0.2, -0.15) is 0 Å². The van der Waals surface area contributed by atoms with Crippen molar-refractivity contribution in [2.24, 2.45) is 0 Å². The molecule has 0 aliphatic carbocycles. The number of fused-ring (bicyclic) bond motifs is 2. The Morgan fingerprint density at radius 1 is 1.07 bits per heavy atom. The van der Waals surface area contributed by atoms with Crippen molar-refractivity contribution in [1.82, 2.24) is 18.9 Å². The molecule has 0 unspecified atom stereocenters. The first-order valence-electron chi connectivity index (χ1n) is 9.53. The maximum atomic E-state index is 13.3. The third-order valence-electron chi connectivity index (χ3n) is 5.19. The molecule has 4 heterocycles. The van der Waals surface area contributed by atoms with E-state index in [0.717, 1.165) is 22.3 Å². The topological polar surface area (TPSA) is 69.3 Å². The third kappa shape index (κ3) is 3.04. The van der Waals surface area contributed by atoms with E-state index >= 15 is 0 Å². The molecule has 0 atom stereocenters. The second kappa shape index (κ2) is 7.03. The van der Waals surface area contributed by atoms with E-state index in [1.807, 2.05) is 55.6 Å². The average Bonchev–Trinajstić information content (AvgIpc) is 3.16. The molecule has 0 saturated carbocycles. The van der Waals surface area contributed by atoms with Crippen molar-refractivity contribution >= 4 is 27.2 Å². The molecule has 0 saturated heterocycles. The lowest BCUT2D eigenvalue weighted by atomic mass is 10.1. The molecule has 6 nitrogen and oxygen atoms in total. The van der Waals surface area contributed by atoms with E-state index in [2.05, 4.69) is 9.97 Å². The van der Waals surface area contributed by atoms with Crippen molar-refractivity contribution in [2.45, 2.75) is 20.4 Å². The Bertz CT molecular complexity index is 1530. The first kappa shape index (κ1) is 18.4. The van der Waals surface area contributed by atoms with Crippen LogP contribution in [0.3, 0.4) is 0 Å². The zero-order valence-corrected chi connectivity index (χ0v) is 17.3. The zero-order valence-electron chi connectivity index (χ0n) is 16.5. The van der Waals surface area contributed by atoms with Gasteiger partial charge in [-0.05, 0) is 31.0 Å². The molecule has 7 heteroatoms. The summed E-state index contributed by atoms with van der Waals surface area (Å²) in [7, 11) is 0. The highest BCUT2D eigenvalue weighted by molar-refractivity contribution is 7.17. The molecular formula is C23H18N4O2S. The largest absolute Gasteiger partial charge is 0.293 e. The van der Waals surface area contributed by atoms with Gasteiger partial charge in [0.15, 0.2) is 0 Å². The van der Waals surface area contributed by atoms with Crippen LogP contribution in [0.15, 0.2) is 70.0 Å². The quantitative estimate of drug-likeness (QED) is 0.450. The van der Waals surface area contributed by atoms with E-state index in [0.29, 0.717) is 21.6 Å². The summed E-state index contributed by atoms with van der Waals surface area (Å²) in [6, 6.07) is 13.3. The van der Waals surface area contributed by atoms with E-state index in [9.17, 15) is 9.59 Å². The molecule has 148 valence electrons. The van der Waals surface area contributed by atoms with Gasteiger partial charge >= 0.3 is 0 Å². The summed E-state index contributed by atoms with van der Waals surface area (Å²) in [4.78, 5) is 35.6. The maximum absolute atomic E-state index is 13.3. The van der Waals surface area contributed by atoms with Crippen LogP contribution in [0.25, 0.3) is 27.0 Å². The Morgan fingerprint density at radius 3 is 2.67 bits per heavy atom. The van der Waals surface area contributed by atoms with Gasteiger partial charge in [-0.3, -0.25) is 18.6 Å². The molecule has 0 fully saturated rings. The summed E-state index contributed by atoms with van der Waals surface area (Å²) >= 11 is 1.46. The summed E-state index contributed by atoms with van der Waals surface area (Å²) in [6.45, 7) is 4.13. The van der Waals surface area contributed by atoms with Crippen molar-refractivity contribution in [3.05, 3.63) is 97.9 Å². The van der Waals surface area contributed by atoms with Gasteiger partial charge in [0.05, 0.1) is 24.0 Å². The first-order chi connectivity index (χ1) is 14.5. The van der Waals surface area contributed by atoms with Crippen LogP contribution in [0.5, 0.6) is 0 Å². The van der Waals surface area contributed by atoms with Crippen molar-refractivity contribution in [2.75, 3.05) is 0 Å². The molecule has 5 aromatic rings. The van der Waals surface area contributed by atoms with Crippen LogP contribution >= 0.6 is 11.3 Å². The molecule has 4 aromatic heterocycles. The van der Waals surface area contributed by atoms with Gasteiger partial charge in [-0.25, -0.2) is 9.97 Å². The molecule has 0 bridgehead atoms. The number of hydrogen-bond donors (Lipinski definition) is 0. The second-order valence-corrected chi connectivity index (χ2v) is 8.20. The Kier molecular flexibility index (Phi) is 4.33. The molecule has 30 heavy (non-hydrogen) atoms. The number of aromatic nitrogens is 4. The minimum Gasteiger partial charge on any atom is -0.293 e. The van der Waals surface area contributed by atoms with Crippen LogP contribution in [0, 0.1) is 13.8 Å². The van der Waals surface area contributed by atoms with E-state index in [1.54, 1.807) is 6.20 Å². The first-order valence-corrected chi connectivity index (χ1v) is 10.4. The van der Waals surface area contributed by atoms with E-state index in [4.69, 9.17) is 0 Å². The number of benzene rings is 1. The highest BCUT2D eigenvalue weighted by Crippen LogP contribution is 2.30. The number of aryl methyl sites for hydroxylation is 2. The van der Waals surface area contributed by atoms with E-state index in [-0.39, 0.29) is 17.7 Å². The predicted octanol–water partition coefficient (Wildman–Crippen LogP) is 3.80. The summed E-state index contributed by atoms with van der Waals surface area (Å²) in [6.07, 6.45) is 3.22. The molecule has 0 radical (unpaired) electrons. The molecule has 0 spiro atoms. The number of hydrogen-bond acceptors (Lipinski definition) is 5. The summed E-state index contributed by atoms with van der Waals surface area (Å²) in [5.74, 6) is 0. The van der Waals surface area contributed by atoms with Crippen LogP contribution in [-0.4, -0.2) is 18.9 Å². The maximum Gasteiger partial charge on any atom is 0.263 e. The minimum absolute atomic E-state index is 0.136. The highest BCUT2D eigenvalue weighted by atomic mass is 32.1. The van der Waals surface area contributed by atoms with Gasteiger partial charge in [-0.1, -0.05) is 35.9 Å². The van der Waals surface area contributed by atoms with Gasteiger partial charge in [0, 0.05) is 23.2 Å². The summed E-state index contributed by atoms with van der Waals surface area (Å²) < 4.78 is 3.03. The smallest absolute Gasteiger partial charge is 0.263 e. The zero-order chi connectivity index (χ0) is 20.8. The predicted molar refractivity (Wildman–Crippen MR) is 119 cm³/mol. The Hall–Kier alpha value is -3.58. The van der Waals surface area contributed by atoms with Crippen molar-refractivity contribution in [3.8, 4) is 11.1 Å². The van der Waals surface area contributed by atoms with Crippen molar-refractivity contribution in [3.63, 3.8) is 0 Å². The Morgan fingerprint density at radius 2 is 1.87 bits per heavy atom. The fourth-order valence-electron chi connectivity index (χ4n) is 3.59. The van der Waals surface area contributed by atoms with Crippen LogP contribution < -0.4 is 11.1 Å². The van der Waals surface area contributed by atoms with Crippen LogP contribution in [0.4, 0.5) is 0 Å². The standard InChI is InChI=1S/C23H18N4O2S/c1-14-5-7-16(8-6-14)18-12-30-22-20(18)23(29)26(13-24-22)11-17-10-19(28)27-9-3-4-15(2)21(27)25-17/h3-10,12-13H,11H2,1-2H3. The number of pyridine rings is 1. The molecule has 0 amide bonds. The molecule has 1 aromatic carbocycles. The number of thiophene rings is 1. The van der Waals surface area contributed by atoms with E-state index in [1.165, 1.54) is 32.7 Å². The molecule has 0 aliphatic heterocycles. The van der Waals surface area contributed by atoms with Gasteiger partial charge in [0.2, 0.25) is 0 Å². The Balaban J connectivity index is 1.63. The van der Waals surface area contributed by atoms with Gasteiger partial charge < -0.3 is 0 Å². The van der Waals surface area contributed by atoms with Crippen molar-refractivity contribution in [1.29, 1.82) is 0 Å². The molecule has 0 aliphatic rings. The lowest BCUT2D eigenvalue weighted by Gasteiger charge is -2.08. The monoisotopic (exact) mass is 414 g/mol. The van der Waals surface area contributed by atoms with Crippen molar-refractivity contribution < 1.29 is 0 Å². The van der Waals surface area contributed by atoms with E-state index < -0.39 is 0 Å². The minimum atomic E-state index is -0.170. The van der Waals surface area contributed by atoms with Gasteiger partial charge in [0.1, 0.15) is 10.5 Å². The third-order valence-corrected chi connectivity index (χ3v) is 6.08. The number of nitrogens with zero attached hydrogens (tertiary/aromatic N) is 4. The fraction of sp³-hybridized carbons (Fsp3) is 0.130. The van der Waals surface area contributed by atoms with Crippen LogP contribution in [-0.2, 0) is 6.54 Å². The molecule has 5 rings (SSSR count). The molecular weight excluding hydrogens is 396 g/mol. The SMILES string of the molecule is Cc1ccc(-c2csc3ncn(Cc4cc(=O)n5cccc(C)c5n4)c(=O)c23)cc1. The summed E-state index contributed by atoms with van der Waals surface area (Å²) in [5.41, 5.74) is 4.75. The summed E-state index contributed by atoms with van der Waals surface area (Å²) in [5, 5.41) is 2.57.